The van der Waals surface area contributed by atoms with Crippen molar-refractivity contribution in [2.75, 3.05) is 6.54 Å². The average molecular weight is 295 g/mol. The summed E-state index contributed by atoms with van der Waals surface area (Å²) in [4.78, 5) is 0.263. The van der Waals surface area contributed by atoms with Crippen molar-refractivity contribution in [2.24, 2.45) is 5.73 Å². The normalized spacial score (nSPS) is 11.7. The van der Waals surface area contributed by atoms with Gasteiger partial charge in [-0.1, -0.05) is 17.3 Å². The van der Waals surface area contributed by atoms with Gasteiger partial charge in [-0.15, -0.1) is 5.10 Å². The molecule has 0 radical (unpaired) electrons. The van der Waals surface area contributed by atoms with Gasteiger partial charge in [0.25, 0.3) is 0 Å². The van der Waals surface area contributed by atoms with Gasteiger partial charge in [-0.3, -0.25) is 4.68 Å². The van der Waals surface area contributed by atoms with Gasteiger partial charge in [0.05, 0.1) is 17.6 Å². The number of nitrogens with two attached hydrogens (primary N) is 1. The summed E-state index contributed by atoms with van der Waals surface area (Å²) in [5.41, 5.74) is 7.10. The second kappa shape index (κ2) is 6.12. The molecule has 7 nitrogen and oxygen atoms in total. The first kappa shape index (κ1) is 14.6. The van der Waals surface area contributed by atoms with Gasteiger partial charge in [0.1, 0.15) is 0 Å². The Bertz CT molecular complexity index is 667. The molecule has 1 aromatic heterocycles. The molecule has 108 valence electrons. The number of aromatic nitrogens is 3. The van der Waals surface area contributed by atoms with E-state index in [9.17, 15) is 8.42 Å². The number of nitrogens with one attached hydrogen (secondary N) is 1. The Morgan fingerprint density at radius 3 is 2.85 bits per heavy atom. The summed E-state index contributed by atoms with van der Waals surface area (Å²) in [6.45, 7) is 2.75. The number of rotatable bonds is 6. The highest BCUT2D eigenvalue weighted by atomic mass is 32.2. The lowest BCUT2D eigenvalue weighted by Gasteiger charge is -2.11. The predicted molar refractivity (Wildman–Crippen MR) is 74.3 cm³/mol. The fourth-order valence-electron chi connectivity index (χ4n) is 1.90. The lowest BCUT2D eigenvalue weighted by Crippen LogP contribution is -2.28. The number of benzene rings is 1. The molecule has 0 spiro atoms. The fraction of sp³-hybridized carbons (Fsp3) is 0.333. The Kier molecular flexibility index (Phi) is 4.48. The zero-order chi connectivity index (χ0) is 14.6. The molecule has 1 heterocycles. The summed E-state index contributed by atoms with van der Waals surface area (Å²) < 4.78 is 28.6. The highest BCUT2D eigenvalue weighted by molar-refractivity contribution is 7.89. The molecule has 0 saturated heterocycles. The van der Waals surface area contributed by atoms with Gasteiger partial charge in [0.2, 0.25) is 10.0 Å². The third-order valence-electron chi connectivity index (χ3n) is 3.01. The topological polar surface area (TPSA) is 103 Å². The lowest BCUT2D eigenvalue weighted by atomic mass is 10.1. The Hall–Kier alpha value is -1.77. The molecule has 0 aliphatic heterocycles. The molecule has 0 unspecified atom stereocenters. The summed E-state index contributed by atoms with van der Waals surface area (Å²) in [5.74, 6) is 0. The molecular weight excluding hydrogens is 278 g/mol. The molecule has 3 N–H and O–H groups in total. The largest absolute Gasteiger partial charge is 0.326 e. The maximum atomic E-state index is 12.3. The van der Waals surface area contributed by atoms with Gasteiger partial charge < -0.3 is 5.73 Å². The molecule has 0 saturated carbocycles. The molecule has 0 atom stereocenters. The summed E-state index contributed by atoms with van der Waals surface area (Å²) in [7, 11) is -3.54. The molecular formula is C12H17N5O2S. The van der Waals surface area contributed by atoms with Crippen molar-refractivity contribution < 1.29 is 8.42 Å². The summed E-state index contributed by atoms with van der Waals surface area (Å²) in [6.07, 6.45) is 3.22. The number of nitrogens with zero attached hydrogens (tertiary/aromatic N) is 3. The second-order valence-corrected chi connectivity index (χ2v) is 6.04. The van der Waals surface area contributed by atoms with E-state index in [2.05, 4.69) is 15.0 Å². The molecule has 0 aliphatic rings. The molecule has 1 aromatic carbocycles. The van der Waals surface area contributed by atoms with Crippen LogP contribution < -0.4 is 10.5 Å². The van der Waals surface area contributed by atoms with Crippen LogP contribution in [0.25, 0.3) is 0 Å². The minimum atomic E-state index is -3.54. The smallest absolute Gasteiger partial charge is 0.240 e. The number of hydrogen-bond acceptors (Lipinski definition) is 5. The summed E-state index contributed by atoms with van der Waals surface area (Å²) in [6, 6.07) is 5.09. The van der Waals surface area contributed by atoms with Crippen molar-refractivity contribution in [3.63, 3.8) is 0 Å². The highest BCUT2D eigenvalue weighted by Crippen LogP contribution is 2.18. The van der Waals surface area contributed by atoms with E-state index in [0.29, 0.717) is 18.7 Å². The van der Waals surface area contributed by atoms with Gasteiger partial charge in [0, 0.05) is 19.3 Å². The van der Waals surface area contributed by atoms with Crippen LogP contribution in [0, 0.1) is 6.92 Å². The van der Waals surface area contributed by atoms with E-state index in [1.807, 2.05) is 6.07 Å². The Morgan fingerprint density at radius 1 is 1.40 bits per heavy atom. The Balaban J connectivity index is 2.10. The predicted octanol–water partition coefficient (Wildman–Crippen LogP) is 0.0237. The first-order chi connectivity index (χ1) is 9.54. The summed E-state index contributed by atoms with van der Waals surface area (Å²) >= 11 is 0. The molecule has 0 bridgehead atoms. The van der Waals surface area contributed by atoms with Crippen LogP contribution in [-0.4, -0.2) is 30.0 Å². The first-order valence-corrected chi connectivity index (χ1v) is 7.65. The maximum absolute atomic E-state index is 12.3. The van der Waals surface area contributed by atoms with Gasteiger partial charge in [-0.25, -0.2) is 13.1 Å². The third-order valence-corrected chi connectivity index (χ3v) is 4.62. The number of hydrogen-bond donors (Lipinski definition) is 2. The summed E-state index contributed by atoms with van der Waals surface area (Å²) in [5, 5.41) is 7.42. The standard InChI is InChI=1S/C12H17N5O2S/c1-10-11(9-13)3-2-4-12(10)20(18,19)15-6-8-17-7-5-14-16-17/h2-5,7,15H,6,8-9,13H2,1H3. The van der Waals surface area contributed by atoms with Gasteiger partial charge in [0.15, 0.2) is 0 Å². The zero-order valence-corrected chi connectivity index (χ0v) is 12.0. The van der Waals surface area contributed by atoms with Crippen LogP contribution in [0.3, 0.4) is 0 Å². The molecule has 8 heteroatoms. The van der Waals surface area contributed by atoms with Crippen LogP contribution in [0.1, 0.15) is 11.1 Å². The number of sulfonamides is 1. The van der Waals surface area contributed by atoms with Gasteiger partial charge >= 0.3 is 0 Å². The highest BCUT2D eigenvalue weighted by Gasteiger charge is 2.17. The van der Waals surface area contributed by atoms with E-state index in [4.69, 9.17) is 5.73 Å². The monoisotopic (exact) mass is 295 g/mol. The molecule has 20 heavy (non-hydrogen) atoms. The van der Waals surface area contributed by atoms with Crippen LogP contribution in [-0.2, 0) is 23.1 Å². The Labute approximate surface area is 117 Å². The van der Waals surface area contributed by atoms with E-state index >= 15 is 0 Å². The van der Waals surface area contributed by atoms with Crippen LogP contribution in [0.5, 0.6) is 0 Å². The van der Waals surface area contributed by atoms with E-state index in [1.54, 1.807) is 36.1 Å². The van der Waals surface area contributed by atoms with E-state index in [1.165, 1.54) is 0 Å². The third kappa shape index (κ3) is 3.21. The van der Waals surface area contributed by atoms with Crippen LogP contribution in [0.15, 0.2) is 35.5 Å². The molecule has 2 rings (SSSR count). The van der Waals surface area contributed by atoms with Crippen LogP contribution in [0.2, 0.25) is 0 Å². The quantitative estimate of drug-likeness (QED) is 0.782. The van der Waals surface area contributed by atoms with Crippen molar-refractivity contribution >= 4 is 10.0 Å². The molecule has 0 aliphatic carbocycles. The van der Waals surface area contributed by atoms with Crippen molar-refractivity contribution in [2.45, 2.75) is 24.9 Å². The maximum Gasteiger partial charge on any atom is 0.240 e. The molecule has 0 fully saturated rings. The zero-order valence-electron chi connectivity index (χ0n) is 11.2. The second-order valence-electron chi connectivity index (χ2n) is 4.31. The van der Waals surface area contributed by atoms with Crippen molar-refractivity contribution in [3.8, 4) is 0 Å². The SMILES string of the molecule is Cc1c(CN)cccc1S(=O)(=O)NCCn1ccnn1. The van der Waals surface area contributed by atoms with Gasteiger partial charge in [-0.2, -0.15) is 0 Å². The van der Waals surface area contributed by atoms with E-state index in [0.717, 1.165) is 5.56 Å². The van der Waals surface area contributed by atoms with Crippen LogP contribution in [0.4, 0.5) is 0 Å². The first-order valence-electron chi connectivity index (χ1n) is 6.17. The lowest BCUT2D eigenvalue weighted by molar-refractivity contribution is 0.552. The molecule has 2 aromatic rings. The van der Waals surface area contributed by atoms with Crippen molar-refractivity contribution in [1.82, 2.24) is 19.7 Å². The van der Waals surface area contributed by atoms with Gasteiger partial charge in [-0.05, 0) is 24.1 Å². The minimum Gasteiger partial charge on any atom is -0.326 e. The average Bonchev–Trinajstić information content (AvgIpc) is 2.91. The van der Waals surface area contributed by atoms with Crippen molar-refractivity contribution in [1.29, 1.82) is 0 Å². The van der Waals surface area contributed by atoms with Crippen LogP contribution >= 0.6 is 0 Å². The Morgan fingerprint density at radius 2 is 2.20 bits per heavy atom. The van der Waals surface area contributed by atoms with Crippen molar-refractivity contribution in [3.05, 3.63) is 41.7 Å². The fourth-order valence-corrected chi connectivity index (χ4v) is 3.20. The molecule has 0 amide bonds. The van der Waals surface area contributed by atoms with E-state index in [-0.39, 0.29) is 11.4 Å². The van der Waals surface area contributed by atoms with E-state index < -0.39 is 10.0 Å². The minimum absolute atomic E-state index is 0.248.